The Morgan fingerprint density at radius 3 is 2.45 bits per heavy atom. The predicted molar refractivity (Wildman–Crippen MR) is 105 cm³/mol. The van der Waals surface area contributed by atoms with Gasteiger partial charge in [-0.2, -0.15) is 5.26 Å². The Bertz CT molecular complexity index is 956. The molecule has 2 aromatic carbocycles. The summed E-state index contributed by atoms with van der Waals surface area (Å²) in [6.45, 7) is 6.04. The van der Waals surface area contributed by atoms with Crippen molar-refractivity contribution in [2.75, 3.05) is 6.54 Å². The molecule has 4 nitrogen and oxygen atoms in total. The predicted octanol–water partition coefficient (Wildman–Crippen LogP) is 5.36. The molecule has 2 aromatic rings. The molecule has 0 fully saturated rings. The van der Waals surface area contributed by atoms with Crippen molar-refractivity contribution < 1.29 is 22.7 Å². The van der Waals surface area contributed by atoms with E-state index in [1.54, 1.807) is 25.1 Å². The summed E-state index contributed by atoms with van der Waals surface area (Å²) in [5.74, 6) is -0.511. The molecule has 0 saturated heterocycles. The van der Waals surface area contributed by atoms with Crippen molar-refractivity contribution in [1.29, 1.82) is 5.26 Å². The number of halogens is 3. The lowest BCUT2D eigenvalue weighted by Crippen LogP contribution is -2.24. The van der Waals surface area contributed by atoms with Gasteiger partial charge >= 0.3 is 6.36 Å². The lowest BCUT2D eigenvalue weighted by atomic mass is 9.93. The molecule has 0 unspecified atom stereocenters. The van der Waals surface area contributed by atoms with Crippen LogP contribution in [0, 0.1) is 18.3 Å². The van der Waals surface area contributed by atoms with Crippen molar-refractivity contribution in [2.24, 2.45) is 0 Å². The minimum Gasteiger partial charge on any atom is -0.406 e. The van der Waals surface area contributed by atoms with E-state index in [2.05, 4.69) is 16.1 Å². The van der Waals surface area contributed by atoms with Gasteiger partial charge in [0.25, 0.3) is 0 Å². The van der Waals surface area contributed by atoms with Crippen LogP contribution in [-0.2, 0) is 4.79 Å². The number of hydrogen-bond donors (Lipinski definition) is 1. The van der Waals surface area contributed by atoms with Crippen LogP contribution in [0.15, 0.2) is 42.0 Å². The molecule has 152 valence electrons. The molecule has 29 heavy (non-hydrogen) atoms. The van der Waals surface area contributed by atoms with Crippen LogP contribution in [0.5, 0.6) is 5.75 Å². The first-order valence-electron chi connectivity index (χ1n) is 9.02. The van der Waals surface area contributed by atoms with E-state index in [1.807, 2.05) is 13.8 Å². The first-order valence-corrected chi connectivity index (χ1v) is 9.02. The first-order chi connectivity index (χ1) is 13.6. The van der Waals surface area contributed by atoms with E-state index in [0.29, 0.717) is 34.4 Å². The summed E-state index contributed by atoms with van der Waals surface area (Å²) in [6.07, 6.45) is -2.24. The fourth-order valence-electron chi connectivity index (χ4n) is 2.76. The topological polar surface area (TPSA) is 62.1 Å². The quantitative estimate of drug-likeness (QED) is 0.662. The van der Waals surface area contributed by atoms with Crippen LogP contribution < -0.4 is 10.1 Å². The maximum Gasteiger partial charge on any atom is 0.573 e. The molecular formula is C22H21F3N2O2. The zero-order valence-corrected chi connectivity index (χ0v) is 16.4. The van der Waals surface area contributed by atoms with E-state index < -0.39 is 6.36 Å². The van der Waals surface area contributed by atoms with Gasteiger partial charge in [0.2, 0.25) is 5.91 Å². The molecule has 0 aliphatic heterocycles. The van der Waals surface area contributed by atoms with E-state index >= 15 is 0 Å². The third kappa shape index (κ3) is 6.11. The van der Waals surface area contributed by atoms with Gasteiger partial charge in [0.15, 0.2) is 0 Å². The fraction of sp³-hybridized carbons (Fsp3) is 0.273. The van der Waals surface area contributed by atoms with Crippen LogP contribution in [0.3, 0.4) is 0 Å². The number of ether oxygens (including phenoxy) is 1. The van der Waals surface area contributed by atoms with Crippen molar-refractivity contribution in [2.45, 2.75) is 33.6 Å². The van der Waals surface area contributed by atoms with E-state index in [1.165, 1.54) is 24.3 Å². The maximum atomic E-state index is 12.3. The van der Waals surface area contributed by atoms with E-state index in [9.17, 15) is 23.2 Å². The minimum absolute atomic E-state index is 0.191. The van der Waals surface area contributed by atoms with Gasteiger partial charge in [0.1, 0.15) is 5.75 Å². The number of alkyl halides is 3. The van der Waals surface area contributed by atoms with Gasteiger partial charge in [-0.05, 0) is 72.9 Å². The highest BCUT2D eigenvalue weighted by Crippen LogP contribution is 2.31. The molecule has 0 bridgehead atoms. The number of hydrogen-bond acceptors (Lipinski definition) is 3. The molecular weight excluding hydrogens is 381 g/mol. The monoisotopic (exact) mass is 402 g/mol. The molecule has 1 amide bonds. The number of carbonyl (C=O) groups excluding carboxylic acids is 1. The Labute approximate surface area is 167 Å². The van der Waals surface area contributed by atoms with Crippen LogP contribution >= 0.6 is 0 Å². The molecule has 0 radical (unpaired) electrons. The number of nitrogens with one attached hydrogen (secondary N) is 1. The van der Waals surface area contributed by atoms with Gasteiger partial charge < -0.3 is 10.1 Å². The molecule has 0 aliphatic rings. The van der Waals surface area contributed by atoms with Gasteiger partial charge in [0.05, 0.1) is 11.6 Å². The summed E-state index contributed by atoms with van der Waals surface area (Å²) < 4.78 is 40.9. The number of nitrogens with zero attached hydrogens (tertiary/aromatic N) is 1. The minimum atomic E-state index is -4.76. The first kappa shape index (κ1) is 22.0. The smallest absolute Gasteiger partial charge is 0.406 e. The molecule has 0 saturated carbocycles. The molecule has 0 heterocycles. The standard InChI is InChI=1S/C22H21F3N2O2/c1-4-9-27-21(28)14(2)10-18-11-16(13-26)12-20(15(18)3)17-5-7-19(8-6-17)29-22(23,24)25/h5-8,10-12H,4,9H2,1-3H3,(H,27,28)/b14-10+. The Morgan fingerprint density at radius 1 is 1.24 bits per heavy atom. The second-order valence-electron chi connectivity index (χ2n) is 6.51. The SMILES string of the molecule is CCCNC(=O)/C(C)=C/c1cc(C#N)cc(-c2ccc(OC(F)(F)F)cc2)c1C. The van der Waals surface area contributed by atoms with Crippen molar-refractivity contribution >= 4 is 12.0 Å². The second-order valence-corrected chi connectivity index (χ2v) is 6.51. The summed E-state index contributed by atoms with van der Waals surface area (Å²) in [7, 11) is 0. The van der Waals surface area contributed by atoms with Crippen LogP contribution in [0.2, 0.25) is 0 Å². The Hall–Kier alpha value is -3.27. The van der Waals surface area contributed by atoms with Crippen LogP contribution in [-0.4, -0.2) is 18.8 Å². The Kier molecular flexibility index (Phi) is 7.05. The average Bonchev–Trinajstić information content (AvgIpc) is 2.67. The van der Waals surface area contributed by atoms with Crippen molar-refractivity contribution in [3.63, 3.8) is 0 Å². The van der Waals surface area contributed by atoms with Crippen LogP contribution in [0.1, 0.15) is 37.0 Å². The van der Waals surface area contributed by atoms with Gasteiger partial charge in [-0.15, -0.1) is 13.2 Å². The lowest BCUT2D eigenvalue weighted by Gasteiger charge is -2.13. The van der Waals surface area contributed by atoms with Crippen LogP contribution in [0.25, 0.3) is 17.2 Å². The molecule has 7 heteroatoms. The summed E-state index contributed by atoms with van der Waals surface area (Å²) in [4.78, 5) is 12.1. The van der Waals surface area contributed by atoms with Crippen LogP contribution in [0.4, 0.5) is 13.2 Å². The molecule has 0 atom stereocenters. The molecule has 1 N–H and O–H groups in total. The molecule has 0 aromatic heterocycles. The zero-order chi connectivity index (χ0) is 21.6. The second kappa shape index (κ2) is 9.28. The Balaban J connectivity index is 2.43. The maximum absolute atomic E-state index is 12.3. The molecule has 2 rings (SSSR count). The highest BCUT2D eigenvalue weighted by molar-refractivity contribution is 5.97. The average molecular weight is 402 g/mol. The fourth-order valence-corrected chi connectivity index (χ4v) is 2.76. The third-order valence-corrected chi connectivity index (χ3v) is 4.24. The number of carbonyl (C=O) groups is 1. The van der Waals surface area contributed by atoms with E-state index in [-0.39, 0.29) is 11.7 Å². The van der Waals surface area contributed by atoms with Gasteiger partial charge in [-0.1, -0.05) is 19.1 Å². The summed E-state index contributed by atoms with van der Waals surface area (Å²) >= 11 is 0. The number of rotatable bonds is 6. The highest BCUT2D eigenvalue weighted by atomic mass is 19.4. The number of benzene rings is 2. The van der Waals surface area contributed by atoms with Crippen molar-refractivity contribution in [3.05, 3.63) is 58.7 Å². The number of amides is 1. The lowest BCUT2D eigenvalue weighted by molar-refractivity contribution is -0.274. The summed E-state index contributed by atoms with van der Waals surface area (Å²) in [6, 6.07) is 10.9. The van der Waals surface area contributed by atoms with E-state index in [0.717, 1.165) is 12.0 Å². The van der Waals surface area contributed by atoms with E-state index in [4.69, 9.17) is 0 Å². The number of nitriles is 1. The Morgan fingerprint density at radius 2 is 1.90 bits per heavy atom. The van der Waals surface area contributed by atoms with Crippen molar-refractivity contribution in [1.82, 2.24) is 5.32 Å². The van der Waals surface area contributed by atoms with Gasteiger partial charge in [0, 0.05) is 12.1 Å². The largest absolute Gasteiger partial charge is 0.573 e. The summed E-state index contributed by atoms with van der Waals surface area (Å²) in [5, 5.41) is 12.2. The molecule has 0 spiro atoms. The summed E-state index contributed by atoms with van der Waals surface area (Å²) in [5.41, 5.74) is 3.70. The third-order valence-electron chi connectivity index (χ3n) is 4.24. The van der Waals surface area contributed by atoms with Gasteiger partial charge in [-0.25, -0.2) is 0 Å². The highest BCUT2D eigenvalue weighted by Gasteiger charge is 2.31. The zero-order valence-electron chi connectivity index (χ0n) is 16.4. The molecule has 0 aliphatic carbocycles. The van der Waals surface area contributed by atoms with Crippen molar-refractivity contribution in [3.8, 4) is 22.9 Å². The van der Waals surface area contributed by atoms with Gasteiger partial charge in [-0.3, -0.25) is 4.79 Å². The normalized spacial score (nSPS) is 11.7.